The zero-order valence-corrected chi connectivity index (χ0v) is 18.8. The quantitative estimate of drug-likeness (QED) is 0.467. The van der Waals surface area contributed by atoms with Gasteiger partial charge in [-0.15, -0.1) is 0 Å². The lowest BCUT2D eigenvalue weighted by atomic mass is 9.97. The summed E-state index contributed by atoms with van der Waals surface area (Å²) in [6.45, 7) is 2.44. The zero-order chi connectivity index (χ0) is 24.1. The number of nitrogens with two attached hydrogens (primary N) is 1. The molecule has 1 amide bonds. The normalized spacial score (nSPS) is 10.5. The first kappa shape index (κ1) is 23.7. The molecule has 0 aliphatic heterocycles. The van der Waals surface area contributed by atoms with Crippen LogP contribution in [-0.2, 0) is 11.3 Å². The third-order valence-corrected chi connectivity index (χ3v) is 5.32. The van der Waals surface area contributed by atoms with Crippen molar-refractivity contribution >= 4 is 29.4 Å². The standard InChI is InChI=1S/C25H24FN3O2.CH2O/c1-28-25(30)23-20-12-19(17-6-4-5-15(11-17)14-27)21(29(2)3)13-22(20)31-24(23)16-7-9-18(26)10-8-16;1-2/h4-13H,14,27H2,1-3H3,(H,28,30);1H2. The molecule has 4 rings (SSSR count). The molecule has 0 fully saturated rings. The highest BCUT2D eigenvalue weighted by Gasteiger charge is 2.23. The van der Waals surface area contributed by atoms with Gasteiger partial charge in [0.1, 0.15) is 23.9 Å². The Morgan fingerprint density at radius 1 is 1.06 bits per heavy atom. The van der Waals surface area contributed by atoms with E-state index in [4.69, 9.17) is 14.9 Å². The van der Waals surface area contributed by atoms with Crippen molar-refractivity contribution in [3.63, 3.8) is 0 Å². The number of halogens is 1. The topological polar surface area (TPSA) is 88.6 Å². The molecular weight excluding hydrogens is 421 g/mol. The Balaban J connectivity index is 0.00000149. The van der Waals surface area contributed by atoms with Crippen LogP contribution in [0.1, 0.15) is 15.9 Å². The van der Waals surface area contributed by atoms with Crippen molar-refractivity contribution in [2.24, 2.45) is 5.73 Å². The molecule has 1 heterocycles. The van der Waals surface area contributed by atoms with E-state index in [0.717, 1.165) is 22.4 Å². The molecule has 0 unspecified atom stereocenters. The van der Waals surface area contributed by atoms with Crippen molar-refractivity contribution in [1.29, 1.82) is 0 Å². The SMILES string of the molecule is C=O.CNC(=O)c1c(-c2ccc(F)cc2)oc2cc(N(C)C)c(-c3cccc(CN)c3)cc12. The maximum absolute atomic E-state index is 13.5. The van der Waals surface area contributed by atoms with E-state index in [0.29, 0.717) is 34.4 Å². The van der Waals surface area contributed by atoms with Crippen LogP contribution in [0.15, 0.2) is 65.1 Å². The molecule has 6 nitrogen and oxygen atoms in total. The molecule has 33 heavy (non-hydrogen) atoms. The number of carbonyl (C=O) groups is 2. The smallest absolute Gasteiger partial charge is 0.255 e. The molecule has 4 aromatic rings. The molecule has 0 saturated carbocycles. The highest BCUT2D eigenvalue weighted by Crippen LogP contribution is 2.40. The summed E-state index contributed by atoms with van der Waals surface area (Å²) in [5, 5.41) is 3.39. The van der Waals surface area contributed by atoms with Crippen LogP contribution in [0.2, 0.25) is 0 Å². The van der Waals surface area contributed by atoms with Gasteiger partial charge in [0.25, 0.3) is 5.91 Å². The number of hydrogen-bond acceptors (Lipinski definition) is 5. The summed E-state index contributed by atoms with van der Waals surface area (Å²) in [6.07, 6.45) is 0. The van der Waals surface area contributed by atoms with E-state index in [-0.39, 0.29) is 11.7 Å². The molecule has 0 radical (unpaired) electrons. The van der Waals surface area contributed by atoms with Crippen molar-refractivity contribution in [2.75, 3.05) is 26.0 Å². The van der Waals surface area contributed by atoms with E-state index in [1.165, 1.54) is 12.1 Å². The third-order valence-electron chi connectivity index (χ3n) is 5.32. The number of nitrogens with zero attached hydrogens (tertiary/aromatic N) is 1. The monoisotopic (exact) mass is 447 g/mol. The van der Waals surface area contributed by atoms with Crippen LogP contribution in [0, 0.1) is 5.82 Å². The lowest BCUT2D eigenvalue weighted by Crippen LogP contribution is -2.18. The first-order chi connectivity index (χ1) is 15.9. The lowest BCUT2D eigenvalue weighted by Gasteiger charge is -2.18. The minimum atomic E-state index is -0.349. The van der Waals surface area contributed by atoms with E-state index in [9.17, 15) is 9.18 Å². The lowest BCUT2D eigenvalue weighted by molar-refractivity contribution is -0.0980. The maximum atomic E-state index is 13.5. The van der Waals surface area contributed by atoms with Crippen LogP contribution in [0.5, 0.6) is 0 Å². The van der Waals surface area contributed by atoms with E-state index < -0.39 is 0 Å². The fourth-order valence-corrected chi connectivity index (χ4v) is 3.75. The molecule has 0 spiro atoms. The summed E-state index contributed by atoms with van der Waals surface area (Å²) in [5.74, 6) is -0.206. The molecule has 3 N–H and O–H groups in total. The van der Waals surface area contributed by atoms with Gasteiger partial charge in [-0.25, -0.2) is 4.39 Å². The number of hydrogen-bond donors (Lipinski definition) is 2. The number of anilines is 1. The molecule has 0 atom stereocenters. The number of furan rings is 1. The highest BCUT2D eigenvalue weighted by molar-refractivity contribution is 6.12. The van der Waals surface area contributed by atoms with Crippen molar-refractivity contribution in [3.05, 3.63) is 77.6 Å². The van der Waals surface area contributed by atoms with Crippen molar-refractivity contribution in [1.82, 2.24) is 5.32 Å². The van der Waals surface area contributed by atoms with Crippen LogP contribution in [-0.4, -0.2) is 33.8 Å². The molecule has 0 saturated heterocycles. The Kier molecular flexibility index (Phi) is 7.25. The maximum Gasteiger partial charge on any atom is 0.255 e. The largest absolute Gasteiger partial charge is 0.455 e. The Morgan fingerprint density at radius 3 is 2.36 bits per heavy atom. The Labute approximate surface area is 191 Å². The number of benzene rings is 3. The van der Waals surface area contributed by atoms with Gasteiger partial charge in [-0.2, -0.15) is 0 Å². The summed E-state index contributed by atoms with van der Waals surface area (Å²) < 4.78 is 19.6. The van der Waals surface area contributed by atoms with Gasteiger partial charge in [-0.1, -0.05) is 18.2 Å². The van der Waals surface area contributed by atoms with E-state index >= 15 is 0 Å². The van der Waals surface area contributed by atoms with Gasteiger partial charge < -0.3 is 25.2 Å². The van der Waals surface area contributed by atoms with Gasteiger partial charge in [0.2, 0.25) is 0 Å². The summed E-state index contributed by atoms with van der Waals surface area (Å²) in [5.41, 5.74) is 11.4. The van der Waals surface area contributed by atoms with Gasteiger partial charge in [0.15, 0.2) is 0 Å². The van der Waals surface area contributed by atoms with Gasteiger partial charge in [0, 0.05) is 56.0 Å². The van der Waals surface area contributed by atoms with Crippen LogP contribution >= 0.6 is 0 Å². The second-order valence-corrected chi connectivity index (χ2v) is 7.56. The van der Waals surface area contributed by atoms with Crippen molar-refractivity contribution in [3.8, 4) is 22.5 Å². The van der Waals surface area contributed by atoms with Gasteiger partial charge in [0.05, 0.1) is 5.56 Å². The number of rotatable bonds is 5. The molecule has 7 heteroatoms. The fourth-order valence-electron chi connectivity index (χ4n) is 3.75. The second-order valence-electron chi connectivity index (χ2n) is 7.56. The summed E-state index contributed by atoms with van der Waals surface area (Å²) in [6, 6.07) is 17.9. The first-order valence-electron chi connectivity index (χ1n) is 10.3. The average Bonchev–Trinajstić information content (AvgIpc) is 3.23. The van der Waals surface area contributed by atoms with Gasteiger partial charge in [-0.3, -0.25) is 4.79 Å². The third kappa shape index (κ3) is 4.63. The Hall–Kier alpha value is -3.97. The summed E-state index contributed by atoms with van der Waals surface area (Å²) in [4.78, 5) is 22.8. The van der Waals surface area contributed by atoms with E-state index in [1.807, 2.05) is 56.1 Å². The highest BCUT2D eigenvalue weighted by atomic mass is 19.1. The van der Waals surface area contributed by atoms with Gasteiger partial charge in [-0.05, 0) is 47.5 Å². The van der Waals surface area contributed by atoms with Crippen molar-refractivity contribution < 1.29 is 18.4 Å². The minimum Gasteiger partial charge on any atom is -0.455 e. The van der Waals surface area contributed by atoms with Crippen LogP contribution < -0.4 is 16.0 Å². The second kappa shape index (κ2) is 10.1. The number of amides is 1. The predicted molar refractivity (Wildman–Crippen MR) is 130 cm³/mol. The minimum absolute atomic E-state index is 0.266. The molecule has 0 aliphatic carbocycles. The van der Waals surface area contributed by atoms with E-state index in [1.54, 1.807) is 19.2 Å². The molecule has 0 bridgehead atoms. The molecule has 0 aliphatic rings. The molecule has 3 aromatic carbocycles. The predicted octanol–water partition coefficient (Wildman–Crippen LogP) is 4.61. The first-order valence-corrected chi connectivity index (χ1v) is 10.3. The Morgan fingerprint density at radius 2 is 1.76 bits per heavy atom. The van der Waals surface area contributed by atoms with Crippen LogP contribution in [0.25, 0.3) is 33.4 Å². The number of nitrogens with one attached hydrogen (secondary N) is 1. The molecule has 170 valence electrons. The number of carbonyl (C=O) groups excluding carboxylic acids is 2. The van der Waals surface area contributed by atoms with Crippen molar-refractivity contribution in [2.45, 2.75) is 6.54 Å². The average molecular weight is 448 g/mol. The number of fused-ring (bicyclic) bond motifs is 1. The van der Waals surface area contributed by atoms with E-state index in [2.05, 4.69) is 11.4 Å². The van der Waals surface area contributed by atoms with Crippen LogP contribution in [0.4, 0.5) is 10.1 Å². The van der Waals surface area contributed by atoms with Gasteiger partial charge >= 0.3 is 0 Å². The molecular formula is C26H26FN3O3. The van der Waals surface area contributed by atoms with Crippen LogP contribution in [0.3, 0.4) is 0 Å². The Bertz CT molecular complexity index is 1280. The summed E-state index contributed by atoms with van der Waals surface area (Å²) >= 11 is 0. The summed E-state index contributed by atoms with van der Waals surface area (Å²) in [7, 11) is 5.50. The zero-order valence-electron chi connectivity index (χ0n) is 18.8. The fraction of sp³-hybridized carbons (Fsp3) is 0.154. The molecule has 1 aromatic heterocycles.